The number of hydrogen-bond donors (Lipinski definition) is 1. The molecule has 0 aliphatic carbocycles. The van der Waals surface area contributed by atoms with Gasteiger partial charge in [0, 0.05) is 11.1 Å². The second-order valence-electron chi connectivity index (χ2n) is 5.64. The third kappa shape index (κ3) is 4.93. The average Bonchev–Trinajstić information content (AvgIpc) is 3.10. The van der Waals surface area contributed by atoms with E-state index >= 15 is 0 Å². The topological polar surface area (TPSA) is 73.9 Å². The molecule has 27 heavy (non-hydrogen) atoms. The number of carbonyl (C=O) groups is 2. The fourth-order valence-corrected chi connectivity index (χ4v) is 2.61. The molecule has 1 aliphatic rings. The first-order chi connectivity index (χ1) is 12.9. The Kier molecular flexibility index (Phi) is 5.88. The maximum Gasteiger partial charge on any atom is 0.331 e. The monoisotopic (exact) mass is 407 g/mol. The lowest BCUT2D eigenvalue weighted by Gasteiger charge is -2.13. The first-order valence-electron chi connectivity index (χ1n) is 7.96. The summed E-state index contributed by atoms with van der Waals surface area (Å²) in [7, 11) is 0. The summed E-state index contributed by atoms with van der Waals surface area (Å²) >= 11 is 11.9. The summed E-state index contributed by atoms with van der Waals surface area (Å²) in [6, 6.07) is 9.93. The summed E-state index contributed by atoms with van der Waals surface area (Å²) in [5, 5.41) is 3.32. The van der Waals surface area contributed by atoms with Crippen molar-refractivity contribution < 1.29 is 23.8 Å². The van der Waals surface area contributed by atoms with E-state index in [1.165, 1.54) is 19.1 Å². The van der Waals surface area contributed by atoms with Crippen molar-refractivity contribution in [1.82, 2.24) is 0 Å². The van der Waals surface area contributed by atoms with Crippen LogP contribution in [0.25, 0.3) is 6.08 Å². The van der Waals surface area contributed by atoms with E-state index in [9.17, 15) is 9.59 Å². The molecule has 0 saturated carbocycles. The number of nitrogens with one attached hydrogen (secondary N) is 1. The fraction of sp³-hybridized carbons (Fsp3) is 0.158. The van der Waals surface area contributed by atoms with Gasteiger partial charge in [-0.25, -0.2) is 4.79 Å². The van der Waals surface area contributed by atoms with Gasteiger partial charge in [-0.2, -0.15) is 0 Å². The Morgan fingerprint density at radius 2 is 1.93 bits per heavy atom. The predicted octanol–water partition coefficient (Wildman–Crippen LogP) is 4.31. The molecule has 2 aromatic rings. The van der Waals surface area contributed by atoms with Crippen LogP contribution >= 0.6 is 23.2 Å². The lowest BCUT2D eigenvalue weighted by molar-refractivity contribution is -0.148. The third-order valence-electron chi connectivity index (χ3n) is 3.66. The molecule has 1 amide bonds. The number of ether oxygens (including phenoxy) is 3. The van der Waals surface area contributed by atoms with Gasteiger partial charge in [-0.15, -0.1) is 0 Å². The summed E-state index contributed by atoms with van der Waals surface area (Å²) in [5.41, 5.74) is 1.08. The van der Waals surface area contributed by atoms with Crippen molar-refractivity contribution in [2.45, 2.75) is 13.0 Å². The molecule has 0 radical (unpaired) electrons. The van der Waals surface area contributed by atoms with Gasteiger partial charge in [-0.05, 0) is 48.9 Å². The second kappa shape index (κ2) is 8.33. The first-order valence-corrected chi connectivity index (χ1v) is 8.72. The Morgan fingerprint density at radius 3 is 2.74 bits per heavy atom. The highest BCUT2D eigenvalue weighted by atomic mass is 35.5. The minimum absolute atomic E-state index is 0.174. The van der Waals surface area contributed by atoms with Crippen molar-refractivity contribution in [3.05, 3.63) is 58.1 Å². The fourth-order valence-electron chi connectivity index (χ4n) is 2.28. The van der Waals surface area contributed by atoms with Gasteiger partial charge in [0.2, 0.25) is 6.79 Å². The van der Waals surface area contributed by atoms with Crippen LogP contribution in [0.5, 0.6) is 11.5 Å². The molecule has 2 aromatic carbocycles. The molecule has 0 unspecified atom stereocenters. The molecule has 1 N–H and O–H groups in total. The molecule has 1 heterocycles. The number of carbonyl (C=O) groups excluding carboxylic acids is 2. The number of fused-ring (bicyclic) bond motifs is 1. The molecule has 6 nitrogen and oxygen atoms in total. The number of benzene rings is 2. The van der Waals surface area contributed by atoms with Crippen molar-refractivity contribution in [3.63, 3.8) is 0 Å². The average molecular weight is 408 g/mol. The molecule has 0 aromatic heterocycles. The lowest BCUT2D eigenvalue weighted by atomic mass is 10.2. The van der Waals surface area contributed by atoms with Crippen LogP contribution in [0.4, 0.5) is 5.69 Å². The van der Waals surface area contributed by atoms with Crippen molar-refractivity contribution >= 4 is 46.8 Å². The molecule has 0 saturated heterocycles. The van der Waals surface area contributed by atoms with Crippen LogP contribution in [0.1, 0.15) is 12.5 Å². The molecule has 1 aliphatic heterocycles. The van der Waals surface area contributed by atoms with Crippen molar-refractivity contribution in [2.75, 3.05) is 12.1 Å². The van der Waals surface area contributed by atoms with Gasteiger partial charge in [0.25, 0.3) is 5.91 Å². The third-order valence-corrected chi connectivity index (χ3v) is 4.22. The standard InChI is InChI=1S/C19H15Cl2NO5/c1-11(19(24)22-15-9-13(20)4-5-14(15)21)27-18(23)7-3-12-2-6-16-17(8-12)26-10-25-16/h2-9,11H,10H2,1H3,(H,22,24)/b7-3+/t11-/m1/s1. The molecular weight excluding hydrogens is 393 g/mol. The Bertz CT molecular complexity index is 913. The smallest absolute Gasteiger partial charge is 0.331 e. The molecule has 3 rings (SSSR count). The minimum Gasteiger partial charge on any atom is -0.454 e. The number of hydrogen-bond acceptors (Lipinski definition) is 5. The summed E-state index contributed by atoms with van der Waals surface area (Å²) in [5.74, 6) is 0.0767. The molecule has 0 bridgehead atoms. The molecule has 140 valence electrons. The van der Waals surface area contributed by atoms with Gasteiger partial charge in [0.15, 0.2) is 17.6 Å². The van der Waals surface area contributed by atoms with Gasteiger partial charge in [0.05, 0.1) is 10.7 Å². The Labute approximate surface area is 165 Å². The molecule has 0 spiro atoms. The SMILES string of the molecule is C[C@@H](OC(=O)/C=C/c1ccc2c(c1)OCO2)C(=O)Nc1cc(Cl)ccc1Cl. The maximum atomic E-state index is 12.2. The number of rotatable bonds is 5. The van der Waals surface area contributed by atoms with Gasteiger partial charge in [-0.3, -0.25) is 4.79 Å². The van der Waals surface area contributed by atoms with Crippen LogP contribution in [0, 0.1) is 0 Å². The number of amides is 1. The molecule has 0 fully saturated rings. The molecule has 1 atom stereocenters. The van der Waals surface area contributed by atoms with E-state index in [0.717, 1.165) is 5.56 Å². The van der Waals surface area contributed by atoms with Crippen LogP contribution in [-0.4, -0.2) is 24.8 Å². The van der Waals surface area contributed by atoms with Crippen LogP contribution in [0.15, 0.2) is 42.5 Å². The molecule has 8 heteroatoms. The summed E-state index contributed by atoms with van der Waals surface area (Å²) in [6.45, 7) is 1.63. The highest BCUT2D eigenvalue weighted by Crippen LogP contribution is 2.32. The van der Waals surface area contributed by atoms with Gasteiger partial charge >= 0.3 is 5.97 Å². The van der Waals surface area contributed by atoms with Gasteiger partial charge < -0.3 is 19.5 Å². The van der Waals surface area contributed by atoms with Crippen LogP contribution in [0.3, 0.4) is 0 Å². The van der Waals surface area contributed by atoms with Gasteiger partial charge in [0.1, 0.15) is 0 Å². The summed E-state index contributed by atoms with van der Waals surface area (Å²) in [6.07, 6.45) is 1.77. The highest BCUT2D eigenvalue weighted by molar-refractivity contribution is 6.35. The maximum absolute atomic E-state index is 12.2. The minimum atomic E-state index is -1.02. The summed E-state index contributed by atoms with van der Waals surface area (Å²) in [4.78, 5) is 24.1. The van der Waals surface area contributed by atoms with Crippen LogP contribution in [0.2, 0.25) is 10.0 Å². The van der Waals surface area contributed by atoms with E-state index in [1.54, 1.807) is 36.4 Å². The molecular formula is C19H15Cl2NO5. The largest absolute Gasteiger partial charge is 0.454 e. The Hall–Kier alpha value is -2.70. The van der Waals surface area contributed by atoms with E-state index in [-0.39, 0.29) is 6.79 Å². The highest BCUT2D eigenvalue weighted by Gasteiger charge is 2.18. The zero-order valence-electron chi connectivity index (χ0n) is 14.2. The van der Waals surface area contributed by atoms with Crippen molar-refractivity contribution in [3.8, 4) is 11.5 Å². The van der Waals surface area contributed by atoms with E-state index in [1.807, 2.05) is 0 Å². The van der Waals surface area contributed by atoms with E-state index in [0.29, 0.717) is 27.2 Å². The normalized spacial score (nSPS) is 13.4. The zero-order valence-corrected chi connectivity index (χ0v) is 15.7. The lowest BCUT2D eigenvalue weighted by Crippen LogP contribution is -2.29. The summed E-state index contributed by atoms with van der Waals surface area (Å²) < 4.78 is 15.6. The van der Waals surface area contributed by atoms with E-state index < -0.39 is 18.0 Å². The van der Waals surface area contributed by atoms with E-state index in [2.05, 4.69) is 5.32 Å². The van der Waals surface area contributed by atoms with Gasteiger partial charge in [-0.1, -0.05) is 29.3 Å². The van der Waals surface area contributed by atoms with Crippen molar-refractivity contribution in [2.24, 2.45) is 0 Å². The Balaban J connectivity index is 1.56. The van der Waals surface area contributed by atoms with Crippen molar-refractivity contribution in [1.29, 1.82) is 0 Å². The number of halogens is 2. The number of anilines is 1. The quantitative estimate of drug-likeness (QED) is 0.590. The number of esters is 1. The second-order valence-corrected chi connectivity index (χ2v) is 6.48. The van der Waals surface area contributed by atoms with Crippen LogP contribution < -0.4 is 14.8 Å². The van der Waals surface area contributed by atoms with Crippen LogP contribution in [-0.2, 0) is 14.3 Å². The first kappa shape index (κ1) is 19.1. The zero-order chi connectivity index (χ0) is 19.4. The van der Waals surface area contributed by atoms with E-state index in [4.69, 9.17) is 37.4 Å². The Morgan fingerprint density at radius 1 is 1.15 bits per heavy atom. The predicted molar refractivity (Wildman–Crippen MR) is 102 cm³/mol.